The van der Waals surface area contributed by atoms with Gasteiger partial charge in [-0.1, -0.05) is 5.16 Å². The minimum atomic E-state index is -0.486. The lowest BCUT2D eigenvalue weighted by atomic mass is 10.2. The Kier molecular flexibility index (Phi) is 3.89. The summed E-state index contributed by atoms with van der Waals surface area (Å²) >= 11 is 1.43. The Balaban J connectivity index is 2.73. The molecule has 16 heavy (non-hydrogen) atoms. The van der Waals surface area contributed by atoms with Crippen molar-refractivity contribution in [3.05, 3.63) is 21.4 Å². The highest BCUT2D eigenvalue weighted by atomic mass is 32.1. The molecular weight excluding hydrogens is 226 g/mol. The van der Waals surface area contributed by atoms with E-state index < -0.39 is 6.04 Å². The van der Waals surface area contributed by atoms with E-state index in [1.807, 2.05) is 19.9 Å². The number of oxime groups is 1. The number of carbonyl (C=O) groups excluding carboxylic acids is 1. The van der Waals surface area contributed by atoms with Crippen LogP contribution in [0.1, 0.15) is 27.0 Å². The minimum Gasteiger partial charge on any atom is -0.409 e. The summed E-state index contributed by atoms with van der Waals surface area (Å²) in [5.74, 6) is -0.223. The lowest BCUT2D eigenvalue weighted by Crippen LogP contribution is -2.42. The zero-order chi connectivity index (χ0) is 12.3. The molecule has 0 saturated carbocycles. The van der Waals surface area contributed by atoms with Crippen molar-refractivity contribution in [2.75, 3.05) is 0 Å². The van der Waals surface area contributed by atoms with Crippen molar-refractivity contribution in [3.8, 4) is 0 Å². The van der Waals surface area contributed by atoms with E-state index in [2.05, 4.69) is 10.5 Å². The van der Waals surface area contributed by atoms with Gasteiger partial charge in [0.15, 0.2) is 5.84 Å². The van der Waals surface area contributed by atoms with Gasteiger partial charge in [-0.3, -0.25) is 4.79 Å². The molecule has 1 amide bonds. The molecule has 6 heteroatoms. The van der Waals surface area contributed by atoms with E-state index in [0.717, 1.165) is 10.4 Å². The number of amides is 1. The maximum absolute atomic E-state index is 11.7. The molecule has 88 valence electrons. The summed E-state index contributed by atoms with van der Waals surface area (Å²) in [7, 11) is 0. The van der Waals surface area contributed by atoms with Gasteiger partial charge in [0.25, 0.3) is 5.91 Å². The van der Waals surface area contributed by atoms with Crippen molar-refractivity contribution >= 4 is 23.1 Å². The van der Waals surface area contributed by atoms with Crippen LogP contribution in [0.15, 0.2) is 11.2 Å². The van der Waals surface area contributed by atoms with Crippen molar-refractivity contribution in [2.45, 2.75) is 26.8 Å². The molecule has 0 aliphatic carbocycles. The van der Waals surface area contributed by atoms with Crippen LogP contribution in [-0.2, 0) is 0 Å². The summed E-state index contributed by atoms with van der Waals surface area (Å²) in [6.45, 7) is 5.57. The van der Waals surface area contributed by atoms with Crippen LogP contribution >= 0.6 is 11.3 Å². The van der Waals surface area contributed by atoms with Gasteiger partial charge in [0, 0.05) is 4.88 Å². The van der Waals surface area contributed by atoms with Crippen molar-refractivity contribution in [2.24, 2.45) is 10.9 Å². The third-order valence-corrected chi connectivity index (χ3v) is 3.45. The third kappa shape index (κ3) is 2.73. The maximum Gasteiger partial charge on any atom is 0.261 e. The number of hydrogen-bond acceptors (Lipinski definition) is 4. The van der Waals surface area contributed by atoms with Crippen molar-refractivity contribution in [1.29, 1.82) is 0 Å². The van der Waals surface area contributed by atoms with Crippen LogP contribution in [0.3, 0.4) is 0 Å². The van der Waals surface area contributed by atoms with Crippen molar-refractivity contribution in [3.63, 3.8) is 0 Å². The van der Waals surface area contributed by atoms with E-state index in [9.17, 15) is 4.79 Å². The van der Waals surface area contributed by atoms with E-state index in [-0.39, 0.29) is 11.7 Å². The number of nitrogens with zero attached hydrogens (tertiary/aromatic N) is 1. The normalized spacial score (nSPS) is 13.6. The Morgan fingerprint density at radius 2 is 2.25 bits per heavy atom. The van der Waals surface area contributed by atoms with Crippen LogP contribution in [0.5, 0.6) is 0 Å². The van der Waals surface area contributed by atoms with Crippen LogP contribution in [0.25, 0.3) is 0 Å². The first-order valence-corrected chi connectivity index (χ1v) is 5.62. The molecule has 0 aromatic carbocycles. The van der Waals surface area contributed by atoms with Crippen LogP contribution in [0, 0.1) is 13.8 Å². The number of thiophene rings is 1. The predicted octanol–water partition coefficient (Wildman–Crippen LogP) is 1.23. The summed E-state index contributed by atoms with van der Waals surface area (Å²) < 4.78 is 0. The number of rotatable bonds is 3. The Morgan fingerprint density at radius 3 is 2.69 bits per heavy atom. The van der Waals surface area contributed by atoms with E-state index in [1.54, 1.807) is 6.92 Å². The highest BCUT2D eigenvalue weighted by Crippen LogP contribution is 2.20. The van der Waals surface area contributed by atoms with E-state index in [1.165, 1.54) is 11.3 Å². The van der Waals surface area contributed by atoms with Gasteiger partial charge >= 0.3 is 0 Å². The number of aryl methyl sites for hydroxylation is 2. The van der Waals surface area contributed by atoms with E-state index >= 15 is 0 Å². The molecule has 1 unspecified atom stereocenters. The fourth-order valence-corrected chi connectivity index (χ4v) is 2.05. The minimum absolute atomic E-state index is 0.0154. The van der Waals surface area contributed by atoms with Gasteiger partial charge in [0.05, 0.1) is 10.9 Å². The lowest BCUT2D eigenvalue weighted by Gasteiger charge is -2.10. The van der Waals surface area contributed by atoms with Crippen molar-refractivity contribution < 1.29 is 10.0 Å². The fourth-order valence-electron chi connectivity index (χ4n) is 1.11. The molecule has 5 nitrogen and oxygen atoms in total. The molecule has 1 aromatic rings. The van der Waals surface area contributed by atoms with Gasteiger partial charge in [-0.15, -0.1) is 11.3 Å². The maximum atomic E-state index is 11.7. The number of nitrogens with one attached hydrogen (secondary N) is 1. The quantitative estimate of drug-likeness (QED) is 0.322. The Morgan fingerprint density at radius 1 is 1.62 bits per heavy atom. The topological polar surface area (TPSA) is 87.7 Å². The molecule has 1 rings (SSSR count). The number of nitrogens with two attached hydrogens (primary N) is 1. The number of amidine groups is 1. The first-order chi connectivity index (χ1) is 7.45. The average Bonchev–Trinajstić information content (AvgIpc) is 2.58. The standard InChI is InChI=1S/C10H15N3O2S/c1-5-4-8(16-7(5)3)10(14)12-6(2)9(11)13-15/h4,6,15H,1-3H3,(H2,11,13)(H,12,14). The highest BCUT2D eigenvalue weighted by Gasteiger charge is 2.15. The first kappa shape index (κ1) is 12.5. The molecule has 0 radical (unpaired) electrons. The first-order valence-electron chi connectivity index (χ1n) is 4.81. The van der Waals surface area contributed by atoms with Gasteiger partial charge < -0.3 is 16.3 Å². The zero-order valence-electron chi connectivity index (χ0n) is 9.44. The average molecular weight is 241 g/mol. The van der Waals surface area contributed by atoms with Crippen molar-refractivity contribution in [1.82, 2.24) is 5.32 Å². The summed E-state index contributed by atoms with van der Waals surface area (Å²) in [6.07, 6.45) is 0. The molecule has 4 N–H and O–H groups in total. The van der Waals surface area contributed by atoms with Crippen LogP contribution < -0.4 is 11.1 Å². The molecular formula is C10H15N3O2S. The Bertz CT molecular complexity index is 406. The van der Waals surface area contributed by atoms with Crippen LogP contribution in [-0.4, -0.2) is 23.0 Å². The van der Waals surface area contributed by atoms with Gasteiger partial charge in [-0.2, -0.15) is 0 Å². The largest absolute Gasteiger partial charge is 0.409 e. The van der Waals surface area contributed by atoms with Gasteiger partial charge in [0.2, 0.25) is 0 Å². The predicted molar refractivity (Wildman–Crippen MR) is 64.1 cm³/mol. The molecule has 0 spiro atoms. The lowest BCUT2D eigenvalue weighted by molar-refractivity contribution is 0.0952. The van der Waals surface area contributed by atoms with Gasteiger partial charge in [0.1, 0.15) is 0 Å². The third-order valence-electron chi connectivity index (χ3n) is 2.30. The Hall–Kier alpha value is -1.56. The second-order valence-corrected chi connectivity index (χ2v) is 4.83. The van der Waals surface area contributed by atoms with Crippen LogP contribution in [0.2, 0.25) is 0 Å². The summed E-state index contributed by atoms with van der Waals surface area (Å²) in [5.41, 5.74) is 6.46. The zero-order valence-corrected chi connectivity index (χ0v) is 10.3. The molecule has 1 aromatic heterocycles. The molecule has 0 aliphatic heterocycles. The monoisotopic (exact) mass is 241 g/mol. The van der Waals surface area contributed by atoms with E-state index in [0.29, 0.717) is 4.88 Å². The summed E-state index contributed by atoms with van der Waals surface area (Å²) in [5, 5.41) is 13.9. The van der Waals surface area contributed by atoms with E-state index in [4.69, 9.17) is 10.9 Å². The van der Waals surface area contributed by atoms with Crippen LogP contribution in [0.4, 0.5) is 0 Å². The molecule has 1 atom stereocenters. The molecule has 0 fully saturated rings. The second kappa shape index (κ2) is 4.98. The summed E-state index contributed by atoms with van der Waals surface area (Å²) in [4.78, 5) is 13.5. The smallest absolute Gasteiger partial charge is 0.261 e. The molecule has 0 bridgehead atoms. The fraction of sp³-hybridized carbons (Fsp3) is 0.400. The SMILES string of the molecule is Cc1cc(C(=O)NC(C)C(N)=NO)sc1C. The van der Waals surface area contributed by atoms with Gasteiger partial charge in [-0.05, 0) is 32.4 Å². The summed E-state index contributed by atoms with van der Waals surface area (Å²) in [6, 6.07) is 1.34. The number of hydrogen-bond donors (Lipinski definition) is 3. The second-order valence-electron chi connectivity index (χ2n) is 3.57. The Labute approximate surface area is 98.0 Å². The highest BCUT2D eigenvalue weighted by molar-refractivity contribution is 7.14. The number of carbonyl (C=O) groups is 1. The molecule has 0 saturated heterocycles. The van der Waals surface area contributed by atoms with Gasteiger partial charge in [-0.25, -0.2) is 0 Å². The molecule has 0 aliphatic rings. The molecule has 1 heterocycles.